The standard InChI is InChI=1S/C18H31NO2.ClH/c1-14(19)20-11-12-21-16-9-7-15(8-10-16)18(5,6)13-17(2,3)4;/h7-10,14H,11-13,19H2,1-6H3;1H. The van der Waals surface area contributed by atoms with Crippen LogP contribution in [0.25, 0.3) is 0 Å². The molecule has 0 bridgehead atoms. The molecule has 0 heterocycles. The zero-order valence-corrected chi connectivity index (χ0v) is 15.7. The predicted molar refractivity (Wildman–Crippen MR) is 87.3 cm³/mol. The van der Waals surface area contributed by atoms with Crippen molar-refractivity contribution in [3.8, 4) is 5.75 Å². The van der Waals surface area contributed by atoms with E-state index in [-0.39, 0.29) is 24.0 Å². The van der Waals surface area contributed by atoms with Gasteiger partial charge >= 0.3 is 0 Å². The van der Waals surface area contributed by atoms with Crippen LogP contribution in [0.1, 0.15) is 53.5 Å². The smallest absolute Gasteiger partial charge is 0.185 e. The van der Waals surface area contributed by atoms with Crippen molar-refractivity contribution in [1.29, 1.82) is 0 Å². The minimum atomic E-state index is 0. The molecule has 0 fully saturated rings. The third-order valence-corrected chi connectivity index (χ3v) is 3.36. The second kappa shape index (κ2) is 8.76. The molecule has 0 saturated carbocycles. The molecule has 0 radical (unpaired) electrons. The molecule has 1 aromatic carbocycles. The van der Waals surface area contributed by atoms with Gasteiger partial charge in [0.05, 0.1) is 6.61 Å². The second-order valence-corrected chi connectivity index (χ2v) is 7.68. The summed E-state index contributed by atoms with van der Waals surface area (Å²) >= 11 is 0. The summed E-state index contributed by atoms with van der Waals surface area (Å²) in [6, 6.07) is 8.44. The van der Waals surface area contributed by atoms with Gasteiger partial charge in [-0.15, -0.1) is 0 Å². The van der Waals surface area contributed by atoms with Crippen molar-refractivity contribution in [2.75, 3.05) is 13.2 Å². The number of hydrogen-bond donors (Lipinski definition) is 1. The van der Waals surface area contributed by atoms with Crippen molar-refractivity contribution in [3.63, 3.8) is 0 Å². The van der Waals surface area contributed by atoms with E-state index >= 15 is 0 Å². The van der Waals surface area contributed by atoms with Crippen LogP contribution >= 0.6 is 0 Å². The first-order chi connectivity index (χ1) is 9.60. The molecule has 0 aliphatic rings. The van der Waals surface area contributed by atoms with Crippen molar-refractivity contribution in [2.45, 2.75) is 59.6 Å². The van der Waals surface area contributed by atoms with E-state index in [9.17, 15) is 0 Å². The summed E-state index contributed by atoms with van der Waals surface area (Å²) in [5.74, 6) is 0.894. The van der Waals surface area contributed by atoms with E-state index in [2.05, 4.69) is 52.5 Å². The van der Waals surface area contributed by atoms with Crippen LogP contribution in [0.3, 0.4) is 0 Å². The van der Waals surface area contributed by atoms with Gasteiger partial charge in [0.1, 0.15) is 12.4 Å². The average molecular weight is 330 g/mol. The minimum absolute atomic E-state index is 0. The highest BCUT2D eigenvalue weighted by atomic mass is 35.5. The van der Waals surface area contributed by atoms with Gasteiger partial charge in [0.15, 0.2) is 6.23 Å². The van der Waals surface area contributed by atoms with Crippen LogP contribution in [0.5, 0.6) is 5.75 Å². The van der Waals surface area contributed by atoms with Crippen LogP contribution in [-0.2, 0) is 10.2 Å². The van der Waals surface area contributed by atoms with Crippen LogP contribution in [-0.4, -0.2) is 19.4 Å². The van der Waals surface area contributed by atoms with E-state index in [0.29, 0.717) is 18.6 Å². The Kier molecular flexibility index (Phi) is 8.45. The summed E-state index contributed by atoms with van der Waals surface area (Å²) in [6.45, 7) is 14.5. The Morgan fingerprint density at radius 2 is 1.55 bits per heavy atom. The number of benzene rings is 1. The number of hydrogen-bond acceptors (Lipinski definition) is 2. The molecule has 1 unspecified atom stereocenters. The highest BCUT2D eigenvalue weighted by Gasteiger charge is 2.27. The molecule has 3 N–H and O–H groups in total. The maximum absolute atomic E-state index is 5.67. The van der Waals surface area contributed by atoms with E-state index in [4.69, 9.17) is 9.47 Å². The fourth-order valence-corrected chi connectivity index (χ4v) is 2.84. The van der Waals surface area contributed by atoms with Gasteiger partial charge in [0.25, 0.3) is 0 Å². The topological polar surface area (TPSA) is 46.1 Å². The first-order valence-electron chi connectivity index (χ1n) is 7.78. The fraction of sp³-hybridized carbons (Fsp3) is 0.667. The molecule has 0 saturated heterocycles. The highest BCUT2D eigenvalue weighted by molar-refractivity contribution is 5.31. The lowest BCUT2D eigenvalue weighted by atomic mass is 9.72. The largest absolute Gasteiger partial charge is 1.00 e. The van der Waals surface area contributed by atoms with Gasteiger partial charge in [-0.2, -0.15) is 0 Å². The van der Waals surface area contributed by atoms with E-state index in [1.165, 1.54) is 5.56 Å². The molecule has 1 atom stereocenters. The Balaban J connectivity index is 0.00000441. The monoisotopic (exact) mass is 329 g/mol. The van der Waals surface area contributed by atoms with Crippen molar-refractivity contribution in [3.05, 3.63) is 29.8 Å². The summed E-state index contributed by atoms with van der Waals surface area (Å²) in [5.41, 5.74) is 5.62. The van der Waals surface area contributed by atoms with Crippen LogP contribution < -0.4 is 22.9 Å². The van der Waals surface area contributed by atoms with E-state index in [1.807, 2.05) is 19.1 Å². The molecule has 1 rings (SSSR count). The maximum atomic E-state index is 5.67. The normalized spacial score (nSPS) is 13.4. The van der Waals surface area contributed by atoms with Crippen molar-refractivity contribution in [2.24, 2.45) is 5.41 Å². The zero-order chi connectivity index (χ0) is 16.1. The predicted octanol–water partition coefficient (Wildman–Crippen LogP) is 0.388. The zero-order valence-electron chi connectivity index (χ0n) is 14.9. The summed E-state index contributed by atoms with van der Waals surface area (Å²) in [4.78, 5) is 0. The van der Waals surface area contributed by atoms with Crippen molar-refractivity contribution >= 4 is 0 Å². The van der Waals surface area contributed by atoms with Crippen molar-refractivity contribution < 1.29 is 27.6 Å². The fourth-order valence-electron chi connectivity index (χ4n) is 2.84. The Hall–Kier alpha value is -0.770. The number of quaternary nitrogens is 1. The number of halogens is 1. The highest BCUT2D eigenvalue weighted by Crippen LogP contribution is 2.36. The summed E-state index contributed by atoms with van der Waals surface area (Å²) in [6.07, 6.45) is 1.16. The van der Waals surface area contributed by atoms with Gasteiger partial charge in [-0.25, -0.2) is 0 Å². The SMILES string of the molecule is CC([NH3+])OCCOc1ccc(C(C)(C)CC(C)(C)C)cc1.[Cl-]. The van der Waals surface area contributed by atoms with Crippen molar-refractivity contribution in [1.82, 2.24) is 0 Å². The average Bonchev–Trinajstić information content (AvgIpc) is 2.32. The second-order valence-electron chi connectivity index (χ2n) is 7.68. The molecule has 0 aromatic heterocycles. The maximum Gasteiger partial charge on any atom is 0.185 e. The minimum Gasteiger partial charge on any atom is -1.00 e. The molecule has 0 amide bonds. The molecule has 1 aromatic rings. The molecule has 0 aliphatic heterocycles. The van der Waals surface area contributed by atoms with Gasteiger partial charge in [-0.1, -0.05) is 46.8 Å². The van der Waals surface area contributed by atoms with Crippen LogP contribution in [0.2, 0.25) is 0 Å². The van der Waals surface area contributed by atoms with Gasteiger partial charge in [0, 0.05) is 6.92 Å². The first kappa shape index (κ1) is 21.2. The third kappa shape index (κ3) is 8.02. The Labute approximate surface area is 142 Å². The quantitative estimate of drug-likeness (QED) is 0.581. The summed E-state index contributed by atoms with van der Waals surface area (Å²) in [7, 11) is 0. The van der Waals surface area contributed by atoms with E-state index < -0.39 is 0 Å². The number of rotatable bonds is 7. The lowest BCUT2D eigenvalue weighted by molar-refractivity contribution is -0.484. The molecule has 22 heavy (non-hydrogen) atoms. The van der Waals surface area contributed by atoms with Gasteiger partial charge in [-0.3, -0.25) is 0 Å². The molecule has 3 nitrogen and oxygen atoms in total. The third-order valence-electron chi connectivity index (χ3n) is 3.36. The van der Waals surface area contributed by atoms with Crippen LogP contribution in [0.4, 0.5) is 0 Å². The van der Waals surface area contributed by atoms with E-state index in [1.54, 1.807) is 0 Å². The lowest BCUT2D eigenvalue weighted by Crippen LogP contribution is -3.00. The van der Waals surface area contributed by atoms with Gasteiger partial charge < -0.3 is 27.6 Å². The van der Waals surface area contributed by atoms with E-state index in [0.717, 1.165) is 12.2 Å². The Morgan fingerprint density at radius 3 is 2.00 bits per heavy atom. The van der Waals surface area contributed by atoms with Gasteiger partial charge in [0.2, 0.25) is 0 Å². The molecule has 4 heteroatoms. The Morgan fingerprint density at radius 1 is 1.00 bits per heavy atom. The van der Waals surface area contributed by atoms with Crippen LogP contribution in [0, 0.1) is 5.41 Å². The number of ether oxygens (including phenoxy) is 2. The van der Waals surface area contributed by atoms with Crippen LogP contribution in [0.15, 0.2) is 24.3 Å². The molecular weight excluding hydrogens is 298 g/mol. The lowest BCUT2D eigenvalue weighted by Gasteiger charge is -2.33. The first-order valence-corrected chi connectivity index (χ1v) is 7.78. The Bertz CT molecular complexity index is 422. The molecule has 0 aliphatic carbocycles. The summed E-state index contributed by atoms with van der Waals surface area (Å²) < 4.78 is 11.0. The molecular formula is C18H32ClNO2. The molecule has 128 valence electrons. The van der Waals surface area contributed by atoms with Gasteiger partial charge in [-0.05, 0) is 34.9 Å². The molecule has 0 spiro atoms. The summed E-state index contributed by atoms with van der Waals surface area (Å²) in [5, 5.41) is 0.